The number of amides is 2. The van der Waals surface area contributed by atoms with Crippen LogP contribution in [-0.4, -0.2) is 80.9 Å². The maximum atomic E-state index is 14.5. The van der Waals surface area contributed by atoms with E-state index in [1.54, 1.807) is 34.7 Å². The van der Waals surface area contributed by atoms with Crippen LogP contribution in [0.3, 0.4) is 0 Å². The van der Waals surface area contributed by atoms with Crippen LogP contribution >= 0.6 is 0 Å². The van der Waals surface area contributed by atoms with Crippen LogP contribution in [0.25, 0.3) is 16.9 Å². The Bertz CT molecular complexity index is 1590. The molecule has 40 heavy (non-hydrogen) atoms. The Labute approximate surface area is 229 Å². The van der Waals surface area contributed by atoms with Crippen molar-refractivity contribution in [3.05, 3.63) is 71.7 Å². The van der Waals surface area contributed by atoms with Gasteiger partial charge in [0.1, 0.15) is 0 Å². The van der Waals surface area contributed by atoms with Crippen LogP contribution in [0, 0.1) is 18.6 Å². The minimum absolute atomic E-state index is 0.0526. The maximum Gasteiger partial charge on any atom is 0.251 e. The van der Waals surface area contributed by atoms with Gasteiger partial charge in [-0.3, -0.25) is 18.9 Å². The van der Waals surface area contributed by atoms with E-state index in [1.165, 1.54) is 18.5 Å². The number of nitrogens with zero attached hydrogens (tertiary/aromatic N) is 5. The first kappa shape index (κ1) is 27.0. The Morgan fingerprint density at radius 2 is 1.95 bits per heavy atom. The predicted molar refractivity (Wildman–Crippen MR) is 145 cm³/mol. The van der Waals surface area contributed by atoms with Crippen molar-refractivity contribution in [3.63, 3.8) is 0 Å². The van der Waals surface area contributed by atoms with Crippen molar-refractivity contribution in [1.82, 2.24) is 29.5 Å². The summed E-state index contributed by atoms with van der Waals surface area (Å²) >= 11 is 0. The first-order valence-corrected chi connectivity index (χ1v) is 12.8. The number of carbonyl (C=O) groups excluding carboxylic acids is 2. The van der Waals surface area contributed by atoms with E-state index in [0.29, 0.717) is 48.0 Å². The Balaban J connectivity index is 1.24. The van der Waals surface area contributed by atoms with E-state index < -0.39 is 17.4 Å². The number of phenolic OH excluding ortho intramolecular Hbond substituents is 1. The number of aryl methyl sites for hydroxylation is 1. The molecule has 0 atom stereocenters. The third-order valence-corrected chi connectivity index (χ3v) is 6.97. The Hall–Kier alpha value is -4.58. The van der Waals surface area contributed by atoms with Crippen molar-refractivity contribution in [2.75, 3.05) is 45.1 Å². The SMILES string of the molecule is Cc1cc(Nc2nccn3c(-c4ccc(O)c(F)c4F)cnc23)ccc1C(=O)NCCCN1CCN(C)C(=O)C1. The van der Waals surface area contributed by atoms with Crippen LogP contribution in [0.4, 0.5) is 20.3 Å². The number of hydrogen-bond donors (Lipinski definition) is 3. The second-order valence-corrected chi connectivity index (χ2v) is 9.73. The summed E-state index contributed by atoms with van der Waals surface area (Å²) in [6.07, 6.45) is 5.22. The van der Waals surface area contributed by atoms with Crippen LogP contribution in [0.15, 0.2) is 48.9 Å². The summed E-state index contributed by atoms with van der Waals surface area (Å²) in [5.41, 5.74) is 2.58. The molecule has 1 aliphatic heterocycles. The van der Waals surface area contributed by atoms with Crippen molar-refractivity contribution in [2.24, 2.45) is 0 Å². The third-order valence-electron chi connectivity index (χ3n) is 6.97. The molecule has 1 aliphatic rings. The highest BCUT2D eigenvalue weighted by molar-refractivity contribution is 5.96. The molecule has 2 aromatic carbocycles. The Kier molecular flexibility index (Phi) is 7.60. The lowest BCUT2D eigenvalue weighted by molar-refractivity contribution is -0.134. The number of piperazine rings is 1. The molecule has 5 rings (SSSR count). The fourth-order valence-corrected chi connectivity index (χ4v) is 4.67. The molecule has 0 radical (unpaired) electrons. The molecule has 0 unspecified atom stereocenters. The van der Waals surface area contributed by atoms with Gasteiger partial charge in [0.25, 0.3) is 5.91 Å². The number of hydrogen-bond acceptors (Lipinski definition) is 7. The van der Waals surface area contributed by atoms with Gasteiger partial charge in [-0.25, -0.2) is 14.4 Å². The summed E-state index contributed by atoms with van der Waals surface area (Å²) in [6.45, 7) is 5.03. The minimum atomic E-state index is -1.33. The van der Waals surface area contributed by atoms with E-state index in [2.05, 4.69) is 25.5 Å². The fourth-order valence-electron chi connectivity index (χ4n) is 4.67. The van der Waals surface area contributed by atoms with E-state index in [0.717, 1.165) is 31.1 Å². The lowest BCUT2D eigenvalue weighted by Crippen LogP contribution is -2.48. The van der Waals surface area contributed by atoms with Gasteiger partial charge < -0.3 is 20.6 Å². The number of phenols is 1. The number of aromatic nitrogens is 3. The second kappa shape index (κ2) is 11.3. The van der Waals surface area contributed by atoms with Gasteiger partial charge in [0.2, 0.25) is 11.7 Å². The first-order chi connectivity index (χ1) is 19.2. The maximum absolute atomic E-state index is 14.5. The molecule has 0 saturated carbocycles. The van der Waals surface area contributed by atoms with Gasteiger partial charge >= 0.3 is 0 Å². The number of nitrogens with one attached hydrogen (secondary N) is 2. The molecular formula is C28H29F2N7O3. The van der Waals surface area contributed by atoms with Crippen LogP contribution in [0.2, 0.25) is 0 Å². The molecule has 10 nitrogen and oxygen atoms in total. The quantitative estimate of drug-likeness (QED) is 0.289. The van der Waals surface area contributed by atoms with E-state index in [4.69, 9.17) is 0 Å². The number of carbonyl (C=O) groups is 2. The zero-order chi connectivity index (χ0) is 28.4. The van der Waals surface area contributed by atoms with Crippen LogP contribution < -0.4 is 10.6 Å². The monoisotopic (exact) mass is 549 g/mol. The summed E-state index contributed by atoms with van der Waals surface area (Å²) in [5.74, 6) is -2.96. The van der Waals surface area contributed by atoms with Gasteiger partial charge in [0.15, 0.2) is 23.0 Å². The van der Waals surface area contributed by atoms with Gasteiger partial charge in [0.05, 0.1) is 18.4 Å². The van der Waals surface area contributed by atoms with Gasteiger partial charge in [-0.2, -0.15) is 4.39 Å². The van der Waals surface area contributed by atoms with Crippen molar-refractivity contribution in [1.29, 1.82) is 0 Å². The van der Waals surface area contributed by atoms with Crippen molar-refractivity contribution in [3.8, 4) is 17.0 Å². The lowest BCUT2D eigenvalue weighted by atomic mass is 10.1. The molecule has 0 spiro atoms. The summed E-state index contributed by atoms with van der Waals surface area (Å²) < 4.78 is 30.0. The summed E-state index contributed by atoms with van der Waals surface area (Å²) in [7, 11) is 1.80. The summed E-state index contributed by atoms with van der Waals surface area (Å²) in [6, 6.07) is 7.66. The third kappa shape index (κ3) is 5.43. The zero-order valence-electron chi connectivity index (χ0n) is 22.1. The molecule has 1 fully saturated rings. The standard InChI is InChI=1S/C28H29F2N7O3/c1-17-14-18(4-5-19(17)28(40)32-8-3-10-36-13-12-35(2)23(39)16-36)34-26-27-33-15-21(37(27)11-9-31-26)20-6-7-22(38)25(30)24(20)29/h4-7,9,11,14-15,38H,3,8,10,12-13,16H2,1-2H3,(H,31,34)(H,32,40). The second-order valence-electron chi connectivity index (χ2n) is 9.73. The van der Waals surface area contributed by atoms with Crippen molar-refractivity contribution >= 4 is 29.0 Å². The molecule has 3 N–H and O–H groups in total. The number of halogens is 2. The lowest BCUT2D eigenvalue weighted by Gasteiger charge is -2.31. The topological polar surface area (TPSA) is 115 Å². The number of fused-ring (bicyclic) bond motifs is 1. The van der Waals surface area contributed by atoms with Gasteiger partial charge in [0, 0.05) is 62.4 Å². The zero-order valence-corrected chi connectivity index (χ0v) is 22.1. The average Bonchev–Trinajstić information content (AvgIpc) is 3.37. The smallest absolute Gasteiger partial charge is 0.251 e. The molecule has 2 amide bonds. The number of benzene rings is 2. The van der Waals surface area contributed by atoms with Crippen LogP contribution in [0.5, 0.6) is 5.75 Å². The molecular weight excluding hydrogens is 520 g/mol. The number of aromatic hydroxyl groups is 1. The number of rotatable bonds is 8. The first-order valence-electron chi connectivity index (χ1n) is 12.8. The molecule has 3 heterocycles. The summed E-state index contributed by atoms with van der Waals surface area (Å²) in [4.78, 5) is 37.1. The highest BCUT2D eigenvalue weighted by atomic mass is 19.2. The van der Waals surface area contributed by atoms with E-state index in [9.17, 15) is 23.5 Å². The predicted octanol–water partition coefficient (Wildman–Crippen LogP) is 3.33. The fraction of sp³-hybridized carbons (Fsp3) is 0.286. The molecule has 4 aromatic rings. The normalized spacial score (nSPS) is 14.1. The molecule has 0 bridgehead atoms. The minimum Gasteiger partial charge on any atom is -0.505 e. The number of imidazole rings is 1. The molecule has 1 saturated heterocycles. The van der Waals surface area contributed by atoms with Gasteiger partial charge in [-0.05, 0) is 49.2 Å². The van der Waals surface area contributed by atoms with Gasteiger partial charge in [-0.15, -0.1) is 0 Å². The van der Waals surface area contributed by atoms with Crippen molar-refractivity contribution < 1.29 is 23.5 Å². The average molecular weight is 550 g/mol. The number of anilines is 2. The van der Waals surface area contributed by atoms with E-state index in [1.807, 2.05) is 13.0 Å². The van der Waals surface area contributed by atoms with Gasteiger partial charge in [-0.1, -0.05) is 0 Å². The Morgan fingerprint density at radius 3 is 2.73 bits per heavy atom. The highest BCUT2D eigenvalue weighted by Gasteiger charge is 2.21. The summed E-state index contributed by atoms with van der Waals surface area (Å²) in [5, 5.41) is 15.6. The van der Waals surface area contributed by atoms with E-state index in [-0.39, 0.29) is 17.4 Å². The number of likely N-dealkylation sites (N-methyl/N-ethyl adjacent to an activating group) is 1. The Morgan fingerprint density at radius 1 is 1.12 bits per heavy atom. The molecule has 2 aromatic heterocycles. The van der Waals surface area contributed by atoms with Crippen molar-refractivity contribution in [2.45, 2.75) is 13.3 Å². The van der Waals surface area contributed by atoms with E-state index >= 15 is 0 Å². The molecule has 0 aliphatic carbocycles. The largest absolute Gasteiger partial charge is 0.505 e. The van der Waals surface area contributed by atoms with Crippen LogP contribution in [-0.2, 0) is 4.79 Å². The van der Waals surface area contributed by atoms with Crippen LogP contribution in [0.1, 0.15) is 22.3 Å². The molecule has 12 heteroatoms. The highest BCUT2D eigenvalue weighted by Crippen LogP contribution is 2.31. The molecule has 208 valence electrons.